The Kier molecular flexibility index (Phi) is 6.43. The first-order valence-corrected chi connectivity index (χ1v) is 9.50. The van der Waals surface area contributed by atoms with Crippen LogP contribution in [-0.4, -0.2) is 29.1 Å². The van der Waals surface area contributed by atoms with E-state index in [2.05, 4.69) is 51.5 Å². The molecule has 140 valence electrons. The van der Waals surface area contributed by atoms with E-state index in [9.17, 15) is 4.79 Å². The Labute approximate surface area is 160 Å². The minimum Gasteiger partial charge on any atom is -0.461 e. The normalized spacial score (nSPS) is 19.1. The summed E-state index contributed by atoms with van der Waals surface area (Å²) >= 11 is 0. The average molecular weight is 363 g/mol. The summed E-state index contributed by atoms with van der Waals surface area (Å²) in [7, 11) is 0. The summed E-state index contributed by atoms with van der Waals surface area (Å²) < 4.78 is 5.03. The van der Waals surface area contributed by atoms with Gasteiger partial charge >= 0.3 is 5.97 Å². The van der Waals surface area contributed by atoms with Crippen LogP contribution in [0.3, 0.4) is 0 Å². The highest BCUT2D eigenvalue weighted by molar-refractivity contribution is 5.91. The van der Waals surface area contributed by atoms with Crippen molar-refractivity contribution >= 4 is 11.8 Å². The third-order valence-electron chi connectivity index (χ3n) is 5.07. The second-order valence-electron chi connectivity index (χ2n) is 6.83. The molecule has 2 aromatic rings. The number of hydrogen-bond acceptors (Lipinski definition) is 5. The van der Waals surface area contributed by atoms with Gasteiger partial charge in [-0.2, -0.15) is 0 Å². The maximum Gasteiger partial charge on any atom is 0.358 e. The van der Waals surface area contributed by atoms with Crippen molar-refractivity contribution in [1.82, 2.24) is 9.97 Å². The Morgan fingerprint density at radius 1 is 1.30 bits per heavy atom. The molecule has 1 aromatic heterocycles. The lowest BCUT2D eigenvalue weighted by molar-refractivity contribution is 0.0519. The first-order valence-electron chi connectivity index (χ1n) is 9.50. The highest BCUT2D eigenvalue weighted by Gasteiger charge is 2.24. The van der Waals surface area contributed by atoms with Crippen molar-refractivity contribution in [3.05, 3.63) is 53.5 Å². The largest absolute Gasteiger partial charge is 0.461 e. The molecule has 1 saturated carbocycles. The lowest BCUT2D eigenvalue weighted by atomic mass is 9.78. The van der Waals surface area contributed by atoms with Gasteiger partial charge in [0, 0.05) is 6.54 Å². The van der Waals surface area contributed by atoms with Crippen molar-refractivity contribution in [2.45, 2.75) is 38.5 Å². The van der Waals surface area contributed by atoms with Crippen LogP contribution < -0.4 is 5.32 Å². The maximum atomic E-state index is 12.0. The number of carbonyl (C=O) groups excluding carboxylic acids is 1. The van der Waals surface area contributed by atoms with E-state index >= 15 is 0 Å². The number of rotatable bonds is 6. The van der Waals surface area contributed by atoms with Gasteiger partial charge in [-0.1, -0.05) is 42.7 Å². The number of anilines is 1. The van der Waals surface area contributed by atoms with Gasteiger partial charge in [0.1, 0.15) is 12.1 Å². The molecule has 0 aliphatic heterocycles. The number of hydrogen-bond donors (Lipinski definition) is 1. The van der Waals surface area contributed by atoms with Crippen LogP contribution in [0.25, 0.3) is 0 Å². The molecule has 1 aliphatic rings. The zero-order valence-corrected chi connectivity index (χ0v) is 15.6. The molecule has 5 nitrogen and oxygen atoms in total. The second kappa shape index (κ2) is 9.18. The second-order valence-corrected chi connectivity index (χ2v) is 6.83. The van der Waals surface area contributed by atoms with Gasteiger partial charge in [-0.15, -0.1) is 6.42 Å². The van der Waals surface area contributed by atoms with E-state index < -0.39 is 5.97 Å². The van der Waals surface area contributed by atoms with Crippen LogP contribution in [-0.2, 0) is 4.74 Å². The SMILES string of the molecule is C#Cc1c(NC[C@H]2CCC[C@@H](c3ccccc3)C2)ncnc1C(=O)OCC. The van der Waals surface area contributed by atoms with E-state index in [1.165, 1.54) is 31.2 Å². The summed E-state index contributed by atoms with van der Waals surface area (Å²) in [5.41, 5.74) is 1.92. The molecular weight excluding hydrogens is 338 g/mol. The third kappa shape index (κ3) is 4.65. The molecule has 3 rings (SSSR count). The molecule has 1 heterocycles. The maximum absolute atomic E-state index is 12.0. The van der Waals surface area contributed by atoms with Crippen LogP contribution in [0.15, 0.2) is 36.7 Å². The fourth-order valence-electron chi connectivity index (χ4n) is 3.76. The van der Waals surface area contributed by atoms with E-state index in [1.807, 2.05) is 0 Å². The van der Waals surface area contributed by atoms with E-state index in [4.69, 9.17) is 11.2 Å². The summed E-state index contributed by atoms with van der Waals surface area (Å²) in [6.07, 6.45) is 11.7. The van der Waals surface area contributed by atoms with Crippen LogP contribution in [0.5, 0.6) is 0 Å². The van der Waals surface area contributed by atoms with Crippen LogP contribution >= 0.6 is 0 Å². The number of nitrogens with zero attached hydrogens (tertiary/aromatic N) is 2. The highest BCUT2D eigenvalue weighted by Crippen LogP contribution is 2.36. The van der Waals surface area contributed by atoms with Crippen LogP contribution in [0, 0.1) is 18.3 Å². The quantitative estimate of drug-likeness (QED) is 0.620. The van der Waals surface area contributed by atoms with Gasteiger partial charge in [-0.25, -0.2) is 14.8 Å². The molecule has 0 spiro atoms. The fourth-order valence-corrected chi connectivity index (χ4v) is 3.76. The number of esters is 1. The molecule has 27 heavy (non-hydrogen) atoms. The molecule has 0 radical (unpaired) electrons. The first kappa shape index (κ1) is 18.9. The summed E-state index contributed by atoms with van der Waals surface area (Å²) in [4.78, 5) is 20.3. The van der Waals surface area contributed by atoms with E-state index in [-0.39, 0.29) is 12.3 Å². The van der Waals surface area contributed by atoms with E-state index in [0.29, 0.717) is 23.2 Å². The molecule has 5 heteroatoms. The molecule has 0 bridgehead atoms. The zero-order valence-electron chi connectivity index (χ0n) is 15.6. The van der Waals surface area contributed by atoms with Crippen molar-refractivity contribution in [2.24, 2.45) is 5.92 Å². The van der Waals surface area contributed by atoms with Gasteiger partial charge in [-0.3, -0.25) is 0 Å². The minimum atomic E-state index is -0.516. The monoisotopic (exact) mass is 363 g/mol. The van der Waals surface area contributed by atoms with E-state index in [1.54, 1.807) is 6.92 Å². The Bertz CT molecular complexity index is 814. The Hall–Kier alpha value is -2.87. The number of benzene rings is 1. The molecule has 0 unspecified atom stereocenters. The summed E-state index contributed by atoms with van der Waals surface area (Å²) in [5, 5.41) is 3.34. The zero-order chi connectivity index (χ0) is 19.1. The lowest BCUT2D eigenvalue weighted by Crippen LogP contribution is -2.22. The van der Waals surface area contributed by atoms with Crippen LogP contribution in [0.1, 0.15) is 60.1 Å². The Morgan fingerprint density at radius 2 is 2.11 bits per heavy atom. The minimum absolute atomic E-state index is 0.141. The topological polar surface area (TPSA) is 64.1 Å². The molecular formula is C22H25N3O2. The van der Waals surface area contributed by atoms with Gasteiger partial charge < -0.3 is 10.1 Å². The average Bonchev–Trinajstić information content (AvgIpc) is 2.73. The van der Waals surface area contributed by atoms with Crippen molar-refractivity contribution < 1.29 is 9.53 Å². The number of nitrogens with one attached hydrogen (secondary N) is 1. The highest BCUT2D eigenvalue weighted by atomic mass is 16.5. The summed E-state index contributed by atoms with van der Waals surface area (Å²) in [5.74, 6) is 3.68. The number of aromatic nitrogens is 2. The first-order chi connectivity index (χ1) is 13.2. The number of carbonyl (C=O) groups is 1. The summed E-state index contributed by atoms with van der Waals surface area (Å²) in [6.45, 7) is 2.80. The van der Waals surface area contributed by atoms with Crippen molar-refractivity contribution in [3.63, 3.8) is 0 Å². The Balaban J connectivity index is 1.67. The molecule has 0 saturated heterocycles. The van der Waals surface area contributed by atoms with Gasteiger partial charge in [0.2, 0.25) is 0 Å². The fraction of sp³-hybridized carbons (Fsp3) is 0.409. The third-order valence-corrected chi connectivity index (χ3v) is 5.07. The standard InChI is InChI=1S/C22H25N3O2/c1-3-19-20(22(26)27-4-2)24-15-25-21(19)23-14-16-9-8-12-18(13-16)17-10-6-5-7-11-17/h1,5-7,10-11,15-16,18H,4,8-9,12-14H2,2H3,(H,23,24,25)/t16-,18+/m0/s1. The van der Waals surface area contributed by atoms with Crippen molar-refractivity contribution in [2.75, 3.05) is 18.5 Å². The molecule has 2 atom stereocenters. The lowest BCUT2D eigenvalue weighted by Gasteiger charge is -2.30. The predicted molar refractivity (Wildman–Crippen MR) is 106 cm³/mol. The van der Waals surface area contributed by atoms with Gasteiger partial charge in [0.05, 0.1) is 12.2 Å². The van der Waals surface area contributed by atoms with Gasteiger partial charge in [-0.05, 0) is 43.6 Å². The molecule has 1 aromatic carbocycles. The van der Waals surface area contributed by atoms with Crippen LogP contribution in [0.4, 0.5) is 5.82 Å². The summed E-state index contributed by atoms with van der Waals surface area (Å²) in [6, 6.07) is 10.7. The van der Waals surface area contributed by atoms with Gasteiger partial charge in [0.15, 0.2) is 5.69 Å². The molecule has 1 fully saturated rings. The van der Waals surface area contributed by atoms with E-state index in [0.717, 1.165) is 13.0 Å². The molecule has 1 N–H and O–H groups in total. The Morgan fingerprint density at radius 3 is 2.85 bits per heavy atom. The molecule has 0 amide bonds. The number of terminal acetylenes is 1. The predicted octanol–water partition coefficient (Wildman–Crippen LogP) is 4.02. The van der Waals surface area contributed by atoms with Crippen molar-refractivity contribution in [3.8, 4) is 12.3 Å². The van der Waals surface area contributed by atoms with Crippen LogP contribution in [0.2, 0.25) is 0 Å². The smallest absolute Gasteiger partial charge is 0.358 e. The van der Waals surface area contributed by atoms with Gasteiger partial charge in [0.25, 0.3) is 0 Å². The van der Waals surface area contributed by atoms with Crippen molar-refractivity contribution in [1.29, 1.82) is 0 Å². The number of ether oxygens (including phenoxy) is 1. The molecule has 1 aliphatic carbocycles.